The van der Waals surface area contributed by atoms with Gasteiger partial charge in [-0.2, -0.15) is 0 Å². The molecule has 0 fully saturated rings. The van der Waals surface area contributed by atoms with Crippen molar-refractivity contribution in [2.75, 3.05) is 13.2 Å². The molecule has 1 rings (SSSR count). The number of aryl methyl sites for hydroxylation is 1. The molecular formula is C11H18N2O. The smallest absolute Gasteiger partial charge is 0.0443 e. The minimum atomic E-state index is 0.242. The summed E-state index contributed by atoms with van der Waals surface area (Å²) < 4.78 is 0. The van der Waals surface area contributed by atoms with E-state index in [9.17, 15) is 0 Å². The first-order valence-electron chi connectivity index (χ1n) is 5.00. The summed E-state index contributed by atoms with van der Waals surface area (Å²) in [6, 6.07) is 2.31. The summed E-state index contributed by atoms with van der Waals surface area (Å²) in [6.45, 7) is 5.28. The second-order valence-electron chi connectivity index (χ2n) is 3.49. The van der Waals surface area contributed by atoms with Gasteiger partial charge in [0.1, 0.15) is 0 Å². The third-order valence-electron chi connectivity index (χ3n) is 2.33. The molecule has 1 aromatic rings. The molecule has 1 heterocycles. The number of aliphatic hydroxyl groups excluding tert-OH is 1. The van der Waals surface area contributed by atoms with E-state index in [-0.39, 0.29) is 6.61 Å². The first kappa shape index (κ1) is 11.1. The Kier molecular flexibility index (Phi) is 4.56. The lowest BCUT2D eigenvalue weighted by atomic mass is 10.1. The monoisotopic (exact) mass is 194 g/mol. The highest BCUT2D eigenvalue weighted by atomic mass is 16.3. The van der Waals surface area contributed by atoms with E-state index in [0.29, 0.717) is 6.04 Å². The first-order chi connectivity index (χ1) is 6.75. The molecule has 2 N–H and O–H groups in total. The summed E-state index contributed by atoms with van der Waals surface area (Å²) in [6.07, 6.45) is 4.49. The van der Waals surface area contributed by atoms with Gasteiger partial charge in [0, 0.05) is 25.0 Å². The quantitative estimate of drug-likeness (QED) is 0.697. The van der Waals surface area contributed by atoms with Crippen LogP contribution in [-0.4, -0.2) is 23.2 Å². The predicted octanol–water partition coefficient (Wildman–Crippen LogP) is 1.42. The molecular weight excluding hydrogens is 176 g/mol. The highest BCUT2D eigenvalue weighted by Crippen LogP contribution is 2.14. The molecule has 78 valence electrons. The van der Waals surface area contributed by atoms with Crippen molar-refractivity contribution in [3.63, 3.8) is 0 Å². The average Bonchev–Trinajstić information content (AvgIpc) is 2.18. The molecule has 0 saturated heterocycles. The molecule has 1 atom stereocenters. The third kappa shape index (κ3) is 3.09. The van der Waals surface area contributed by atoms with E-state index < -0.39 is 0 Å². The van der Waals surface area contributed by atoms with Crippen molar-refractivity contribution < 1.29 is 5.11 Å². The van der Waals surface area contributed by atoms with E-state index in [1.807, 2.05) is 12.3 Å². The Morgan fingerprint density at radius 3 is 3.00 bits per heavy atom. The van der Waals surface area contributed by atoms with E-state index in [1.54, 1.807) is 6.20 Å². The minimum Gasteiger partial charge on any atom is -0.396 e. The Hall–Kier alpha value is -0.930. The number of aromatic nitrogens is 1. The van der Waals surface area contributed by atoms with Gasteiger partial charge in [0.15, 0.2) is 0 Å². The third-order valence-corrected chi connectivity index (χ3v) is 2.33. The van der Waals surface area contributed by atoms with Crippen LogP contribution in [0.4, 0.5) is 0 Å². The molecule has 0 saturated carbocycles. The summed E-state index contributed by atoms with van der Waals surface area (Å²) in [7, 11) is 0. The fourth-order valence-corrected chi connectivity index (χ4v) is 1.44. The van der Waals surface area contributed by atoms with Gasteiger partial charge in [-0.05, 0) is 44.0 Å². The van der Waals surface area contributed by atoms with Crippen molar-refractivity contribution in [2.45, 2.75) is 26.3 Å². The van der Waals surface area contributed by atoms with E-state index in [0.717, 1.165) is 13.0 Å². The van der Waals surface area contributed by atoms with Gasteiger partial charge in [-0.1, -0.05) is 0 Å². The maximum atomic E-state index is 8.65. The zero-order chi connectivity index (χ0) is 10.4. The van der Waals surface area contributed by atoms with Crippen LogP contribution in [0.25, 0.3) is 0 Å². The van der Waals surface area contributed by atoms with Gasteiger partial charge in [-0.25, -0.2) is 0 Å². The lowest BCUT2D eigenvalue weighted by Gasteiger charge is -2.15. The number of aliphatic hydroxyl groups is 1. The highest BCUT2D eigenvalue weighted by Gasteiger charge is 2.06. The van der Waals surface area contributed by atoms with Gasteiger partial charge in [-0.15, -0.1) is 0 Å². The average molecular weight is 194 g/mol. The van der Waals surface area contributed by atoms with Gasteiger partial charge in [-0.3, -0.25) is 4.98 Å². The fraction of sp³-hybridized carbons (Fsp3) is 0.545. The van der Waals surface area contributed by atoms with Crippen LogP contribution < -0.4 is 5.32 Å². The summed E-state index contributed by atoms with van der Waals surface area (Å²) in [5.41, 5.74) is 2.48. The molecule has 1 unspecified atom stereocenters. The lowest BCUT2D eigenvalue weighted by molar-refractivity contribution is 0.284. The number of nitrogens with zero attached hydrogens (tertiary/aromatic N) is 1. The summed E-state index contributed by atoms with van der Waals surface area (Å²) in [4.78, 5) is 4.11. The van der Waals surface area contributed by atoms with Gasteiger partial charge in [0.2, 0.25) is 0 Å². The molecule has 14 heavy (non-hydrogen) atoms. The highest BCUT2D eigenvalue weighted by molar-refractivity contribution is 5.24. The lowest BCUT2D eigenvalue weighted by Crippen LogP contribution is -2.21. The zero-order valence-corrected chi connectivity index (χ0v) is 8.83. The van der Waals surface area contributed by atoms with E-state index in [4.69, 9.17) is 5.11 Å². The van der Waals surface area contributed by atoms with Crippen molar-refractivity contribution in [3.05, 3.63) is 29.6 Å². The standard InChI is InChI=1S/C11H18N2O/c1-9-4-6-12-8-11(9)10(2)13-5-3-7-14/h4,6,8,10,13-14H,3,5,7H2,1-2H3. The second-order valence-corrected chi connectivity index (χ2v) is 3.49. The molecule has 0 radical (unpaired) electrons. The molecule has 3 heteroatoms. The molecule has 0 amide bonds. The Labute approximate surface area is 85.2 Å². The summed E-state index contributed by atoms with van der Waals surface area (Å²) in [5.74, 6) is 0. The number of hydrogen-bond acceptors (Lipinski definition) is 3. The zero-order valence-electron chi connectivity index (χ0n) is 8.83. The normalized spacial score (nSPS) is 12.8. The first-order valence-corrected chi connectivity index (χ1v) is 5.00. The van der Waals surface area contributed by atoms with Gasteiger partial charge >= 0.3 is 0 Å². The molecule has 0 aliphatic carbocycles. The van der Waals surface area contributed by atoms with Gasteiger partial charge < -0.3 is 10.4 Å². The van der Waals surface area contributed by atoms with E-state index >= 15 is 0 Å². The maximum absolute atomic E-state index is 8.65. The van der Waals surface area contributed by atoms with Crippen molar-refractivity contribution in [1.29, 1.82) is 0 Å². The number of pyridine rings is 1. The number of rotatable bonds is 5. The molecule has 1 aromatic heterocycles. The summed E-state index contributed by atoms with van der Waals surface area (Å²) in [5, 5.41) is 12.0. The van der Waals surface area contributed by atoms with Crippen LogP contribution in [0.5, 0.6) is 0 Å². The predicted molar refractivity (Wildman–Crippen MR) is 57.1 cm³/mol. The molecule has 0 aromatic carbocycles. The molecule has 0 spiro atoms. The van der Waals surface area contributed by atoms with E-state index in [2.05, 4.69) is 24.1 Å². The molecule has 0 aliphatic rings. The molecule has 3 nitrogen and oxygen atoms in total. The van der Waals surface area contributed by atoms with Crippen LogP contribution >= 0.6 is 0 Å². The minimum absolute atomic E-state index is 0.242. The van der Waals surface area contributed by atoms with Crippen LogP contribution in [0, 0.1) is 6.92 Å². The number of nitrogens with one attached hydrogen (secondary N) is 1. The summed E-state index contributed by atoms with van der Waals surface area (Å²) >= 11 is 0. The van der Waals surface area contributed by atoms with Crippen molar-refractivity contribution in [1.82, 2.24) is 10.3 Å². The SMILES string of the molecule is Cc1ccncc1C(C)NCCCO. The van der Waals surface area contributed by atoms with Crippen LogP contribution in [0.1, 0.15) is 30.5 Å². The Morgan fingerprint density at radius 2 is 2.36 bits per heavy atom. The van der Waals surface area contributed by atoms with Crippen LogP contribution in [0.3, 0.4) is 0 Å². The largest absolute Gasteiger partial charge is 0.396 e. The maximum Gasteiger partial charge on any atom is 0.0443 e. The van der Waals surface area contributed by atoms with Crippen LogP contribution in [-0.2, 0) is 0 Å². The second kappa shape index (κ2) is 5.73. The van der Waals surface area contributed by atoms with Crippen molar-refractivity contribution in [3.8, 4) is 0 Å². The Bertz CT molecular complexity index is 276. The van der Waals surface area contributed by atoms with Gasteiger partial charge in [0.25, 0.3) is 0 Å². The van der Waals surface area contributed by atoms with Crippen LogP contribution in [0.15, 0.2) is 18.5 Å². The van der Waals surface area contributed by atoms with Gasteiger partial charge in [0.05, 0.1) is 0 Å². The van der Waals surface area contributed by atoms with Crippen molar-refractivity contribution >= 4 is 0 Å². The topological polar surface area (TPSA) is 45.2 Å². The van der Waals surface area contributed by atoms with E-state index in [1.165, 1.54) is 11.1 Å². The van der Waals surface area contributed by atoms with Crippen molar-refractivity contribution in [2.24, 2.45) is 0 Å². The molecule has 0 bridgehead atoms. The number of hydrogen-bond donors (Lipinski definition) is 2. The fourth-order valence-electron chi connectivity index (χ4n) is 1.44. The Balaban J connectivity index is 2.51. The Morgan fingerprint density at radius 1 is 1.57 bits per heavy atom. The molecule has 0 aliphatic heterocycles. The van der Waals surface area contributed by atoms with Crippen LogP contribution in [0.2, 0.25) is 0 Å².